The van der Waals surface area contributed by atoms with Crippen LogP contribution in [0.2, 0.25) is 4.34 Å². The third-order valence-electron chi connectivity index (χ3n) is 2.90. The normalized spacial score (nSPS) is 12.5. The highest BCUT2D eigenvalue weighted by molar-refractivity contribution is 9.10. The zero-order valence-corrected chi connectivity index (χ0v) is 13.9. The van der Waals surface area contributed by atoms with Crippen LogP contribution >= 0.6 is 38.9 Å². The van der Waals surface area contributed by atoms with Gasteiger partial charge in [0.2, 0.25) is 0 Å². The van der Waals surface area contributed by atoms with Crippen LogP contribution in [0.5, 0.6) is 0 Å². The highest BCUT2D eigenvalue weighted by Gasteiger charge is 2.09. The molecule has 0 fully saturated rings. The van der Waals surface area contributed by atoms with Gasteiger partial charge in [0, 0.05) is 22.1 Å². The SMILES string of the molecule is C[C@@H](O)c1ccc(N(C)Cc2ccc(Cl)s2)cc1Br. The molecule has 19 heavy (non-hydrogen) atoms. The molecule has 0 aliphatic carbocycles. The topological polar surface area (TPSA) is 23.5 Å². The summed E-state index contributed by atoms with van der Waals surface area (Å²) >= 11 is 11.0. The summed E-state index contributed by atoms with van der Waals surface area (Å²) in [6, 6.07) is 9.95. The van der Waals surface area contributed by atoms with Crippen molar-refractivity contribution >= 4 is 44.6 Å². The van der Waals surface area contributed by atoms with Gasteiger partial charge < -0.3 is 10.0 Å². The molecule has 1 atom stereocenters. The zero-order chi connectivity index (χ0) is 14.0. The van der Waals surface area contributed by atoms with E-state index >= 15 is 0 Å². The average molecular weight is 361 g/mol. The summed E-state index contributed by atoms with van der Waals surface area (Å²) in [6.45, 7) is 2.58. The summed E-state index contributed by atoms with van der Waals surface area (Å²) in [7, 11) is 2.04. The lowest BCUT2D eigenvalue weighted by Crippen LogP contribution is -2.15. The first-order valence-corrected chi connectivity index (χ1v) is 7.89. The number of thiophene rings is 1. The first kappa shape index (κ1) is 14.9. The van der Waals surface area contributed by atoms with Crippen molar-refractivity contribution in [3.63, 3.8) is 0 Å². The molecule has 5 heteroatoms. The van der Waals surface area contributed by atoms with Crippen LogP contribution in [-0.2, 0) is 6.54 Å². The Morgan fingerprint density at radius 2 is 2.11 bits per heavy atom. The van der Waals surface area contributed by atoms with E-state index in [1.807, 2.05) is 37.4 Å². The number of nitrogens with zero attached hydrogens (tertiary/aromatic N) is 1. The van der Waals surface area contributed by atoms with Crippen molar-refractivity contribution in [1.82, 2.24) is 0 Å². The minimum absolute atomic E-state index is 0.468. The Kier molecular flexibility index (Phi) is 4.90. The van der Waals surface area contributed by atoms with Crippen LogP contribution < -0.4 is 4.90 Å². The first-order chi connectivity index (χ1) is 8.97. The van der Waals surface area contributed by atoms with Crippen LogP contribution in [0.25, 0.3) is 0 Å². The van der Waals surface area contributed by atoms with E-state index in [1.54, 1.807) is 18.3 Å². The molecule has 0 radical (unpaired) electrons. The molecular weight excluding hydrogens is 346 g/mol. The minimum Gasteiger partial charge on any atom is -0.389 e. The number of anilines is 1. The Morgan fingerprint density at radius 1 is 1.37 bits per heavy atom. The molecule has 2 rings (SSSR count). The van der Waals surface area contributed by atoms with Gasteiger partial charge in [0.25, 0.3) is 0 Å². The van der Waals surface area contributed by atoms with Gasteiger partial charge in [-0.25, -0.2) is 0 Å². The molecule has 0 aliphatic rings. The molecule has 1 heterocycles. The number of hydrogen-bond acceptors (Lipinski definition) is 3. The number of halogens is 2. The van der Waals surface area contributed by atoms with Crippen LogP contribution in [0.4, 0.5) is 5.69 Å². The lowest BCUT2D eigenvalue weighted by atomic mass is 10.1. The van der Waals surface area contributed by atoms with Gasteiger partial charge in [-0.05, 0) is 36.8 Å². The van der Waals surface area contributed by atoms with Crippen LogP contribution in [0, 0.1) is 0 Å². The van der Waals surface area contributed by atoms with Gasteiger partial charge in [-0.3, -0.25) is 0 Å². The van der Waals surface area contributed by atoms with Crippen molar-refractivity contribution in [2.45, 2.75) is 19.6 Å². The summed E-state index contributed by atoms with van der Waals surface area (Å²) in [5.74, 6) is 0. The van der Waals surface area contributed by atoms with Crippen LogP contribution in [-0.4, -0.2) is 12.2 Å². The largest absolute Gasteiger partial charge is 0.389 e. The Morgan fingerprint density at radius 3 is 2.63 bits per heavy atom. The van der Waals surface area contributed by atoms with E-state index in [1.165, 1.54) is 4.88 Å². The monoisotopic (exact) mass is 359 g/mol. The van der Waals surface area contributed by atoms with Crippen LogP contribution in [0.3, 0.4) is 0 Å². The maximum atomic E-state index is 9.62. The first-order valence-electron chi connectivity index (χ1n) is 5.90. The van der Waals surface area contributed by atoms with E-state index in [2.05, 4.69) is 20.8 Å². The number of aliphatic hydroxyl groups is 1. The molecule has 1 aromatic heterocycles. The molecule has 0 amide bonds. The number of benzene rings is 1. The molecule has 1 aromatic carbocycles. The molecule has 0 unspecified atom stereocenters. The standard InChI is InChI=1S/C14H15BrClNOS/c1-9(18)12-5-3-10(7-13(12)15)17(2)8-11-4-6-14(16)19-11/h3-7,9,18H,8H2,1-2H3/t9-/m1/s1. The van der Waals surface area contributed by atoms with Crippen LogP contribution in [0.1, 0.15) is 23.5 Å². The van der Waals surface area contributed by atoms with Crippen molar-refractivity contribution in [3.05, 3.63) is 49.6 Å². The van der Waals surface area contributed by atoms with Crippen LogP contribution in [0.15, 0.2) is 34.8 Å². The summed E-state index contributed by atoms with van der Waals surface area (Å²) in [5.41, 5.74) is 2.00. The highest BCUT2D eigenvalue weighted by atomic mass is 79.9. The second-order valence-corrected chi connectivity index (χ2v) is 7.10. The predicted octanol–water partition coefficient (Wildman–Crippen LogP) is 4.85. The molecule has 0 aliphatic heterocycles. The third-order valence-corrected chi connectivity index (χ3v) is 4.80. The summed E-state index contributed by atoms with van der Waals surface area (Å²) in [4.78, 5) is 3.38. The van der Waals surface area contributed by atoms with Crippen molar-refractivity contribution in [1.29, 1.82) is 0 Å². The molecule has 0 saturated carbocycles. The third kappa shape index (κ3) is 3.72. The van der Waals surface area contributed by atoms with Crippen molar-refractivity contribution < 1.29 is 5.11 Å². The molecule has 1 N–H and O–H groups in total. The smallest absolute Gasteiger partial charge is 0.0931 e. The summed E-state index contributed by atoms with van der Waals surface area (Å²) in [5, 5.41) is 9.62. The van der Waals surface area contributed by atoms with E-state index in [9.17, 15) is 5.11 Å². The van der Waals surface area contributed by atoms with E-state index in [4.69, 9.17) is 11.6 Å². The highest BCUT2D eigenvalue weighted by Crippen LogP contribution is 2.29. The van der Waals surface area contributed by atoms with Crippen molar-refractivity contribution in [2.24, 2.45) is 0 Å². The molecule has 0 bridgehead atoms. The maximum Gasteiger partial charge on any atom is 0.0931 e. The Bertz CT molecular complexity index is 570. The molecule has 2 nitrogen and oxygen atoms in total. The van der Waals surface area contributed by atoms with E-state index in [-0.39, 0.29) is 0 Å². The molecule has 102 valence electrons. The van der Waals surface area contributed by atoms with Gasteiger partial charge in [0.1, 0.15) is 0 Å². The molecule has 2 aromatic rings. The summed E-state index contributed by atoms with van der Waals surface area (Å²) < 4.78 is 1.74. The lowest BCUT2D eigenvalue weighted by Gasteiger charge is -2.20. The van der Waals surface area contributed by atoms with Gasteiger partial charge in [-0.1, -0.05) is 33.6 Å². The van der Waals surface area contributed by atoms with E-state index < -0.39 is 6.10 Å². The lowest BCUT2D eigenvalue weighted by molar-refractivity contribution is 0.198. The number of aliphatic hydroxyl groups excluding tert-OH is 1. The fourth-order valence-electron chi connectivity index (χ4n) is 1.85. The van der Waals surface area contributed by atoms with Gasteiger partial charge in [0.05, 0.1) is 17.0 Å². The van der Waals surface area contributed by atoms with Gasteiger partial charge in [-0.15, -0.1) is 11.3 Å². The maximum absolute atomic E-state index is 9.62. The molecule has 0 saturated heterocycles. The average Bonchev–Trinajstić information content (AvgIpc) is 2.74. The zero-order valence-electron chi connectivity index (χ0n) is 10.7. The molecule has 0 spiro atoms. The van der Waals surface area contributed by atoms with Gasteiger partial charge in [-0.2, -0.15) is 0 Å². The quantitative estimate of drug-likeness (QED) is 0.842. The second-order valence-electron chi connectivity index (χ2n) is 4.44. The summed E-state index contributed by atoms with van der Waals surface area (Å²) in [6.07, 6.45) is -0.468. The number of hydrogen-bond donors (Lipinski definition) is 1. The van der Waals surface area contributed by atoms with Crippen molar-refractivity contribution in [2.75, 3.05) is 11.9 Å². The number of rotatable bonds is 4. The van der Waals surface area contributed by atoms with Gasteiger partial charge in [0.15, 0.2) is 0 Å². The van der Waals surface area contributed by atoms with E-state index in [0.717, 1.165) is 26.6 Å². The Hall–Kier alpha value is -0.550. The van der Waals surface area contributed by atoms with Gasteiger partial charge >= 0.3 is 0 Å². The Labute approximate surface area is 130 Å². The Balaban J connectivity index is 2.15. The van der Waals surface area contributed by atoms with Crippen molar-refractivity contribution in [3.8, 4) is 0 Å². The van der Waals surface area contributed by atoms with E-state index in [0.29, 0.717) is 0 Å². The second kappa shape index (κ2) is 6.27. The predicted molar refractivity (Wildman–Crippen MR) is 86.2 cm³/mol. The molecular formula is C14H15BrClNOS. The fraction of sp³-hybridized carbons (Fsp3) is 0.286. The fourth-order valence-corrected chi connectivity index (χ4v) is 3.69. The minimum atomic E-state index is -0.468.